The summed E-state index contributed by atoms with van der Waals surface area (Å²) in [5.41, 5.74) is 3.23. The molecule has 5 nitrogen and oxygen atoms in total. The topological polar surface area (TPSA) is 81.7 Å². The van der Waals surface area contributed by atoms with Crippen LogP contribution in [-0.4, -0.2) is 15.5 Å². The molecule has 0 atom stereocenters. The molecule has 0 saturated carbocycles. The zero-order valence-electron chi connectivity index (χ0n) is 12.9. The molecule has 6 heteroatoms. The van der Waals surface area contributed by atoms with Crippen LogP contribution in [0.5, 0.6) is 0 Å². The van der Waals surface area contributed by atoms with E-state index < -0.39 is 5.97 Å². The molecule has 1 aromatic heterocycles. The molecular weight excluding hydrogens is 317 g/mol. The van der Waals surface area contributed by atoms with Crippen LogP contribution in [0.1, 0.15) is 22.8 Å². The Morgan fingerprint density at radius 1 is 1.26 bits per heavy atom. The first kappa shape index (κ1) is 17.9. The molecule has 0 bridgehead atoms. The number of aromatic nitrogens is 2. The molecule has 2 aromatic carbocycles. The predicted molar refractivity (Wildman–Crippen MR) is 79.9 cm³/mol. The summed E-state index contributed by atoms with van der Waals surface area (Å²) in [6.45, 7) is 2.70. The molecule has 0 saturated heterocycles. The molecule has 0 fully saturated rings. The number of carboxylic acid groups (broad SMARTS) is 1. The van der Waals surface area contributed by atoms with Crippen molar-refractivity contribution in [2.24, 2.45) is 0 Å². The Morgan fingerprint density at radius 2 is 1.96 bits per heavy atom. The van der Waals surface area contributed by atoms with Crippen molar-refractivity contribution in [3.8, 4) is 17.5 Å². The molecule has 0 amide bonds. The van der Waals surface area contributed by atoms with Gasteiger partial charge in [0.25, 0.3) is 0 Å². The van der Waals surface area contributed by atoms with Gasteiger partial charge in [-0.1, -0.05) is 24.3 Å². The summed E-state index contributed by atoms with van der Waals surface area (Å²) in [7, 11) is 0. The van der Waals surface area contributed by atoms with E-state index in [0.29, 0.717) is 12.1 Å². The van der Waals surface area contributed by atoms with Gasteiger partial charge in [-0.15, -0.1) is 0 Å². The summed E-state index contributed by atoms with van der Waals surface area (Å²) in [5, 5.41) is 19.8. The van der Waals surface area contributed by atoms with Gasteiger partial charge in [0.2, 0.25) is 0 Å². The second-order valence-corrected chi connectivity index (χ2v) is 4.86. The number of hydrogen-bond acceptors (Lipinski definition) is 4. The maximum absolute atomic E-state index is 10.8. The molecule has 0 N–H and O–H groups in total. The summed E-state index contributed by atoms with van der Waals surface area (Å²) in [6, 6.07) is 13.9. The van der Waals surface area contributed by atoms with Crippen molar-refractivity contribution in [3.05, 3.63) is 53.6 Å². The van der Waals surface area contributed by atoms with Gasteiger partial charge >= 0.3 is 51.4 Å². The Morgan fingerprint density at radius 3 is 2.52 bits per heavy atom. The van der Waals surface area contributed by atoms with Gasteiger partial charge in [0.15, 0.2) is 0 Å². The fraction of sp³-hybridized carbons (Fsp3) is 0.118. The number of fused-ring (bicyclic) bond motifs is 1. The van der Waals surface area contributed by atoms with Gasteiger partial charge in [-0.25, -0.2) is 4.98 Å². The smallest absolute Gasteiger partial charge is 0.545 e. The largest absolute Gasteiger partial charge is 1.00 e. The van der Waals surface area contributed by atoms with Crippen molar-refractivity contribution in [2.45, 2.75) is 13.5 Å². The monoisotopic (exact) mass is 329 g/mol. The second kappa shape index (κ2) is 7.38. The van der Waals surface area contributed by atoms with Crippen LogP contribution in [0, 0.1) is 11.3 Å². The Kier molecular flexibility index (Phi) is 5.73. The van der Waals surface area contributed by atoms with Crippen LogP contribution in [0.25, 0.3) is 22.4 Å². The van der Waals surface area contributed by atoms with Gasteiger partial charge < -0.3 is 14.5 Å². The first-order valence-corrected chi connectivity index (χ1v) is 6.86. The summed E-state index contributed by atoms with van der Waals surface area (Å²) in [4.78, 5) is 15.4. The van der Waals surface area contributed by atoms with Crippen molar-refractivity contribution in [1.29, 1.82) is 5.26 Å². The zero-order valence-corrected chi connectivity index (χ0v) is 16.0. The molecule has 0 radical (unpaired) electrons. The quantitative estimate of drug-likeness (QED) is 0.575. The maximum Gasteiger partial charge on any atom is 1.00 e. The second-order valence-electron chi connectivity index (χ2n) is 4.86. The Labute approximate surface area is 176 Å². The summed E-state index contributed by atoms with van der Waals surface area (Å²) in [5.74, 6) is -0.452. The van der Waals surface area contributed by atoms with E-state index >= 15 is 0 Å². The zero-order chi connectivity index (χ0) is 15.7. The number of carbonyl (C=O) groups is 1. The minimum Gasteiger partial charge on any atom is -0.545 e. The summed E-state index contributed by atoms with van der Waals surface area (Å²) in [6.07, 6.45) is 0. The van der Waals surface area contributed by atoms with E-state index in [0.717, 1.165) is 22.4 Å². The standard InChI is InChI=1S/C17H13N3O2.K/c1-2-20-15-9-11(10-18)3-8-14(15)19-16(20)12-4-6-13(7-5-12)17(21)22;/h3-9H,2H2,1H3,(H,21,22);/q;+1/p-1. The Hall–Kier alpha value is -1.49. The predicted octanol–water partition coefficient (Wildman–Crippen LogP) is -1.04. The molecule has 0 aliphatic carbocycles. The van der Waals surface area contributed by atoms with Crippen molar-refractivity contribution >= 4 is 17.0 Å². The molecule has 108 valence electrons. The van der Waals surface area contributed by atoms with Gasteiger partial charge in [0, 0.05) is 12.1 Å². The maximum atomic E-state index is 10.8. The number of carbonyl (C=O) groups excluding carboxylic acids is 1. The van der Waals surface area contributed by atoms with E-state index in [9.17, 15) is 9.90 Å². The SMILES string of the molecule is CCn1c(-c2ccc(C(=O)[O-])cc2)nc2ccc(C#N)cc21.[K+]. The number of imidazole rings is 1. The number of hydrogen-bond donors (Lipinski definition) is 0. The average Bonchev–Trinajstić information content (AvgIpc) is 2.92. The normalized spacial score (nSPS) is 10.1. The van der Waals surface area contributed by atoms with Crippen LogP contribution >= 0.6 is 0 Å². The van der Waals surface area contributed by atoms with E-state index in [4.69, 9.17) is 5.26 Å². The fourth-order valence-corrected chi connectivity index (χ4v) is 2.49. The number of nitrogens with zero attached hydrogens (tertiary/aromatic N) is 3. The van der Waals surface area contributed by atoms with E-state index in [1.54, 1.807) is 18.2 Å². The third-order valence-electron chi connectivity index (χ3n) is 3.57. The fourth-order valence-electron chi connectivity index (χ4n) is 2.49. The van der Waals surface area contributed by atoms with Crippen LogP contribution in [0.3, 0.4) is 0 Å². The van der Waals surface area contributed by atoms with Crippen molar-refractivity contribution in [1.82, 2.24) is 9.55 Å². The molecule has 0 aliphatic rings. The van der Waals surface area contributed by atoms with Crippen molar-refractivity contribution in [2.75, 3.05) is 0 Å². The van der Waals surface area contributed by atoms with Crippen LogP contribution in [-0.2, 0) is 6.54 Å². The average molecular weight is 329 g/mol. The molecule has 0 unspecified atom stereocenters. The van der Waals surface area contributed by atoms with E-state index in [2.05, 4.69) is 11.1 Å². The Balaban J connectivity index is 0.00000192. The first-order chi connectivity index (χ1) is 10.6. The molecule has 0 spiro atoms. The van der Waals surface area contributed by atoms with Gasteiger partial charge in [0.1, 0.15) is 5.82 Å². The number of benzene rings is 2. The third-order valence-corrected chi connectivity index (χ3v) is 3.57. The van der Waals surface area contributed by atoms with Gasteiger partial charge in [0.05, 0.1) is 28.6 Å². The summed E-state index contributed by atoms with van der Waals surface area (Å²) >= 11 is 0. The van der Waals surface area contributed by atoms with Gasteiger partial charge in [-0.2, -0.15) is 5.26 Å². The molecule has 3 rings (SSSR count). The Bertz CT molecular complexity index is 908. The van der Waals surface area contributed by atoms with Crippen LogP contribution in [0.15, 0.2) is 42.5 Å². The molecule has 1 heterocycles. The first-order valence-electron chi connectivity index (χ1n) is 6.86. The number of rotatable bonds is 3. The molecule has 23 heavy (non-hydrogen) atoms. The molecule has 0 aliphatic heterocycles. The number of aromatic carboxylic acids is 1. The van der Waals surface area contributed by atoms with E-state index in [1.165, 1.54) is 12.1 Å². The van der Waals surface area contributed by atoms with Crippen LogP contribution < -0.4 is 56.5 Å². The van der Waals surface area contributed by atoms with Gasteiger partial charge in [-0.05, 0) is 30.7 Å². The number of nitriles is 1. The van der Waals surface area contributed by atoms with Crippen molar-refractivity contribution in [3.63, 3.8) is 0 Å². The van der Waals surface area contributed by atoms with E-state index in [1.807, 2.05) is 23.6 Å². The minimum absolute atomic E-state index is 0. The number of aryl methyl sites for hydroxylation is 1. The molecular formula is C17H12KN3O2. The van der Waals surface area contributed by atoms with Crippen molar-refractivity contribution < 1.29 is 61.3 Å². The van der Waals surface area contributed by atoms with E-state index in [-0.39, 0.29) is 56.9 Å². The third kappa shape index (κ3) is 3.39. The minimum atomic E-state index is -1.20. The van der Waals surface area contributed by atoms with Crippen LogP contribution in [0.4, 0.5) is 0 Å². The van der Waals surface area contributed by atoms with Gasteiger partial charge in [-0.3, -0.25) is 0 Å². The number of carboxylic acids is 1. The summed E-state index contributed by atoms with van der Waals surface area (Å²) < 4.78 is 2.00. The molecule has 3 aromatic rings. The van der Waals surface area contributed by atoms with Crippen LogP contribution in [0.2, 0.25) is 0 Å².